The summed E-state index contributed by atoms with van der Waals surface area (Å²) in [5, 5.41) is 12.9. The van der Waals surface area contributed by atoms with Gasteiger partial charge in [0.25, 0.3) is 0 Å². The van der Waals surface area contributed by atoms with E-state index in [2.05, 4.69) is 0 Å². The minimum Gasteiger partial charge on any atom is -0.473 e. The maximum atomic E-state index is 11.8. The molecule has 1 aliphatic heterocycles. The average molecular weight is 206 g/mol. The van der Waals surface area contributed by atoms with Crippen molar-refractivity contribution < 1.29 is 9.94 Å². The monoisotopic (exact) mass is 206 g/mol. The summed E-state index contributed by atoms with van der Waals surface area (Å²) in [6.45, 7) is 3.91. The van der Waals surface area contributed by atoms with Crippen LogP contribution < -0.4 is 4.74 Å². The molecule has 1 aromatic rings. The smallest absolute Gasteiger partial charge is 0.178 e. The molecule has 15 heavy (non-hydrogen) atoms. The molecule has 1 aliphatic rings. The molecular weight excluding hydrogens is 190 g/mol. The quantitative estimate of drug-likeness (QED) is 0.745. The largest absolute Gasteiger partial charge is 0.473 e. The van der Waals surface area contributed by atoms with Crippen molar-refractivity contribution in [3.63, 3.8) is 0 Å². The molecule has 81 valence electrons. The van der Waals surface area contributed by atoms with E-state index >= 15 is 0 Å². The fourth-order valence-corrected chi connectivity index (χ4v) is 1.86. The van der Waals surface area contributed by atoms with Crippen LogP contribution >= 0.6 is 0 Å². The van der Waals surface area contributed by atoms with Crippen LogP contribution in [0.15, 0.2) is 30.3 Å². The summed E-state index contributed by atoms with van der Waals surface area (Å²) < 4.78 is 5.64. The Bertz CT molecular complexity index is 324. The van der Waals surface area contributed by atoms with Gasteiger partial charge in [-0.1, -0.05) is 18.2 Å². The summed E-state index contributed by atoms with van der Waals surface area (Å²) in [4.78, 5) is 0. The second-order valence-electron chi connectivity index (χ2n) is 4.56. The highest BCUT2D eigenvalue weighted by atomic mass is 16.6. The molecule has 0 saturated carbocycles. The van der Waals surface area contributed by atoms with E-state index < -0.39 is 0 Å². The van der Waals surface area contributed by atoms with Crippen LogP contribution in [0.5, 0.6) is 5.75 Å². The van der Waals surface area contributed by atoms with Gasteiger partial charge in [0.05, 0.1) is 0 Å². The van der Waals surface area contributed by atoms with Gasteiger partial charge in [0.2, 0.25) is 0 Å². The lowest BCUT2D eigenvalue weighted by Gasteiger charge is -2.26. The fraction of sp³-hybridized carbons (Fsp3) is 0.500. The zero-order valence-electron chi connectivity index (χ0n) is 9.14. The Labute approximate surface area is 90.2 Å². The van der Waals surface area contributed by atoms with Crippen molar-refractivity contribution in [2.75, 3.05) is 0 Å². The second kappa shape index (κ2) is 3.83. The Morgan fingerprint density at radius 3 is 2.53 bits per heavy atom. The van der Waals surface area contributed by atoms with Crippen LogP contribution in [0.1, 0.15) is 26.7 Å². The SMILES string of the molecule is CC1(C)CCC(Oc2ccccc2)N1[O]. The Balaban J connectivity index is 2.03. The first kappa shape index (κ1) is 10.5. The number of nitrogens with zero attached hydrogens (tertiary/aromatic N) is 1. The van der Waals surface area contributed by atoms with Crippen LogP contribution in [0.4, 0.5) is 0 Å². The first-order chi connectivity index (χ1) is 7.09. The van der Waals surface area contributed by atoms with Gasteiger partial charge in [-0.15, -0.1) is 10.3 Å². The number of hydrogen-bond donors (Lipinski definition) is 0. The van der Waals surface area contributed by atoms with E-state index in [0.29, 0.717) is 0 Å². The maximum absolute atomic E-state index is 11.8. The Hall–Kier alpha value is -1.06. The number of rotatable bonds is 2. The first-order valence-electron chi connectivity index (χ1n) is 5.28. The number of para-hydroxylation sites is 1. The van der Waals surface area contributed by atoms with Crippen LogP contribution in [0.2, 0.25) is 0 Å². The minimum atomic E-state index is -0.331. The Morgan fingerprint density at radius 2 is 2.00 bits per heavy atom. The molecule has 1 unspecified atom stereocenters. The summed E-state index contributed by atoms with van der Waals surface area (Å²) in [6, 6.07) is 9.49. The van der Waals surface area contributed by atoms with Crippen molar-refractivity contribution in [1.82, 2.24) is 5.06 Å². The number of hydrogen-bond acceptors (Lipinski definition) is 2. The molecule has 1 aromatic carbocycles. The van der Waals surface area contributed by atoms with Crippen LogP contribution in [-0.4, -0.2) is 16.8 Å². The number of hydroxylamine groups is 2. The molecule has 0 aliphatic carbocycles. The highest BCUT2D eigenvalue weighted by Gasteiger charge is 2.41. The molecule has 0 aromatic heterocycles. The van der Waals surface area contributed by atoms with Crippen LogP contribution in [0.25, 0.3) is 0 Å². The Morgan fingerprint density at radius 1 is 1.33 bits per heavy atom. The molecule has 2 rings (SSSR count). The summed E-state index contributed by atoms with van der Waals surface area (Å²) >= 11 is 0. The van der Waals surface area contributed by atoms with Gasteiger partial charge in [0, 0.05) is 12.0 Å². The van der Waals surface area contributed by atoms with Gasteiger partial charge < -0.3 is 4.74 Å². The van der Waals surface area contributed by atoms with Gasteiger partial charge in [0.15, 0.2) is 6.23 Å². The van der Waals surface area contributed by atoms with Crippen LogP contribution in [-0.2, 0) is 5.21 Å². The molecule has 0 bridgehead atoms. The van der Waals surface area contributed by atoms with E-state index in [4.69, 9.17) is 4.74 Å². The summed E-state index contributed by atoms with van der Waals surface area (Å²) in [5.41, 5.74) is -0.292. The molecule has 1 radical (unpaired) electrons. The zero-order chi connectivity index (χ0) is 10.9. The molecule has 0 N–H and O–H groups in total. The van der Waals surface area contributed by atoms with Gasteiger partial charge >= 0.3 is 0 Å². The van der Waals surface area contributed by atoms with Gasteiger partial charge in [-0.2, -0.15) is 0 Å². The molecule has 1 heterocycles. The first-order valence-corrected chi connectivity index (χ1v) is 5.28. The van der Waals surface area contributed by atoms with E-state index in [1.54, 1.807) is 0 Å². The zero-order valence-corrected chi connectivity index (χ0v) is 9.14. The van der Waals surface area contributed by atoms with E-state index in [1.165, 1.54) is 0 Å². The number of benzene rings is 1. The molecule has 1 fully saturated rings. The van der Waals surface area contributed by atoms with Crippen molar-refractivity contribution >= 4 is 0 Å². The lowest BCUT2D eigenvalue weighted by atomic mass is 10.0. The van der Waals surface area contributed by atoms with Gasteiger partial charge in [-0.25, -0.2) is 0 Å². The van der Waals surface area contributed by atoms with E-state index in [9.17, 15) is 5.21 Å². The summed E-state index contributed by atoms with van der Waals surface area (Å²) in [5.74, 6) is 0.765. The maximum Gasteiger partial charge on any atom is 0.178 e. The van der Waals surface area contributed by atoms with Crippen molar-refractivity contribution in [3.8, 4) is 5.75 Å². The summed E-state index contributed by atoms with van der Waals surface area (Å²) in [7, 11) is 0. The van der Waals surface area contributed by atoms with Crippen molar-refractivity contribution in [2.45, 2.75) is 38.5 Å². The van der Waals surface area contributed by atoms with Crippen molar-refractivity contribution in [3.05, 3.63) is 30.3 Å². The molecule has 3 nitrogen and oxygen atoms in total. The molecule has 0 amide bonds. The van der Waals surface area contributed by atoms with Gasteiger partial charge in [-0.05, 0) is 32.4 Å². The van der Waals surface area contributed by atoms with Crippen LogP contribution in [0, 0.1) is 0 Å². The average Bonchev–Trinajstić information content (AvgIpc) is 2.47. The lowest BCUT2D eigenvalue weighted by molar-refractivity contribution is -0.256. The van der Waals surface area contributed by atoms with Crippen molar-refractivity contribution in [2.24, 2.45) is 0 Å². The second-order valence-corrected chi connectivity index (χ2v) is 4.56. The molecule has 0 spiro atoms. The van der Waals surface area contributed by atoms with E-state index in [-0.39, 0.29) is 11.8 Å². The third-order valence-electron chi connectivity index (χ3n) is 2.88. The Kier molecular flexibility index (Phi) is 2.67. The van der Waals surface area contributed by atoms with Gasteiger partial charge in [0.1, 0.15) is 5.75 Å². The third-order valence-corrected chi connectivity index (χ3v) is 2.88. The van der Waals surface area contributed by atoms with E-state index in [1.807, 2.05) is 44.2 Å². The summed E-state index contributed by atoms with van der Waals surface area (Å²) in [6.07, 6.45) is 1.35. The molecule has 3 heteroatoms. The predicted octanol–water partition coefficient (Wildman–Crippen LogP) is 2.61. The minimum absolute atomic E-state index is 0.292. The molecular formula is C12H16NO2. The standard InChI is InChI=1S/C12H16NO2/c1-12(2)9-8-11(13(12)14)15-10-6-4-3-5-7-10/h3-7,11H,8-9H2,1-2H3. The lowest BCUT2D eigenvalue weighted by Crippen LogP contribution is -2.41. The normalized spacial score (nSPS) is 25.4. The highest BCUT2D eigenvalue weighted by molar-refractivity contribution is 5.21. The van der Waals surface area contributed by atoms with Crippen molar-refractivity contribution in [1.29, 1.82) is 0 Å². The predicted molar refractivity (Wildman–Crippen MR) is 56.7 cm³/mol. The van der Waals surface area contributed by atoms with Crippen LogP contribution in [0.3, 0.4) is 0 Å². The highest BCUT2D eigenvalue weighted by Crippen LogP contribution is 2.32. The molecule has 1 saturated heterocycles. The van der Waals surface area contributed by atoms with Gasteiger partial charge in [-0.3, -0.25) is 0 Å². The fourth-order valence-electron chi connectivity index (χ4n) is 1.86. The third kappa shape index (κ3) is 2.13. The molecule has 1 atom stereocenters. The topological polar surface area (TPSA) is 32.4 Å². The number of ether oxygens (including phenoxy) is 1. The van der Waals surface area contributed by atoms with E-state index in [0.717, 1.165) is 23.7 Å².